The molecule has 1 aromatic carbocycles. The molecule has 1 rings (SSSR count). The van der Waals surface area contributed by atoms with Crippen LogP contribution in [-0.2, 0) is 4.79 Å². The number of amides is 1. The first-order valence-electron chi connectivity index (χ1n) is 8.44. The number of carbonyl (C=O) groups excluding carboxylic acids is 1. The van der Waals surface area contributed by atoms with Crippen LogP contribution >= 0.6 is 0 Å². The van der Waals surface area contributed by atoms with Gasteiger partial charge in [-0.25, -0.2) is 4.39 Å². The second-order valence-electron chi connectivity index (χ2n) is 7.21. The van der Waals surface area contributed by atoms with Crippen LogP contribution in [0.3, 0.4) is 0 Å². The van der Waals surface area contributed by atoms with E-state index in [1.54, 1.807) is 17.0 Å². The summed E-state index contributed by atoms with van der Waals surface area (Å²) < 4.78 is 13.0. The molecular weight excluding hydrogens is 291 g/mol. The fraction of sp³-hybridized carbons (Fsp3) is 0.632. The number of likely N-dealkylation sites (N-methyl/N-ethyl adjacent to an activating group) is 1. The SMILES string of the molecule is CC(C)CN(CC(=O)N(C)C(C)c1ccc(F)cc1)CC(C)C. The van der Waals surface area contributed by atoms with Crippen LogP contribution < -0.4 is 0 Å². The Balaban J connectivity index is 2.71. The summed E-state index contributed by atoms with van der Waals surface area (Å²) in [5, 5.41) is 0. The van der Waals surface area contributed by atoms with Crippen molar-refractivity contribution in [2.24, 2.45) is 11.8 Å². The van der Waals surface area contributed by atoms with E-state index in [1.165, 1.54) is 12.1 Å². The van der Waals surface area contributed by atoms with Crippen LogP contribution in [0.5, 0.6) is 0 Å². The molecule has 0 radical (unpaired) electrons. The van der Waals surface area contributed by atoms with Gasteiger partial charge in [-0.1, -0.05) is 39.8 Å². The van der Waals surface area contributed by atoms with Gasteiger partial charge in [0.25, 0.3) is 0 Å². The standard InChI is InChI=1S/C19H31FN2O/c1-14(2)11-22(12-15(3)4)13-19(23)21(6)16(5)17-7-9-18(20)10-8-17/h7-10,14-16H,11-13H2,1-6H3. The topological polar surface area (TPSA) is 23.6 Å². The molecule has 1 amide bonds. The summed E-state index contributed by atoms with van der Waals surface area (Å²) in [4.78, 5) is 16.6. The van der Waals surface area contributed by atoms with Crippen molar-refractivity contribution in [3.05, 3.63) is 35.6 Å². The third-order valence-electron chi connectivity index (χ3n) is 3.93. The third kappa shape index (κ3) is 6.69. The molecule has 0 heterocycles. The van der Waals surface area contributed by atoms with E-state index in [0.29, 0.717) is 18.4 Å². The highest BCUT2D eigenvalue weighted by molar-refractivity contribution is 5.78. The van der Waals surface area contributed by atoms with Crippen LogP contribution in [0.25, 0.3) is 0 Å². The molecule has 0 bridgehead atoms. The first-order valence-corrected chi connectivity index (χ1v) is 8.44. The first kappa shape index (κ1) is 19.6. The minimum absolute atomic E-state index is 0.0666. The summed E-state index contributed by atoms with van der Waals surface area (Å²) in [5.74, 6) is 0.904. The van der Waals surface area contributed by atoms with Crippen LogP contribution in [0.15, 0.2) is 24.3 Å². The summed E-state index contributed by atoms with van der Waals surface area (Å²) in [6.45, 7) is 12.9. The quantitative estimate of drug-likeness (QED) is 0.723. The van der Waals surface area contributed by atoms with Crippen molar-refractivity contribution in [2.45, 2.75) is 40.7 Å². The highest BCUT2D eigenvalue weighted by Gasteiger charge is 2.21. The van der Waals surface area contributed by atoms with Crippen molar-refractivity contribution >= 4 is 5.91 Å². The van der Waals surface area contributed by atoms with Gasteiger partial charge in [0.15, 0.2) is 0 Å². The van der Waals surface area contributed by atoms with Crippen LogP contribution in [-0.4, -0.2) is 42.4 Å². The number of rotatable bonds is 8. The van der Waals surface area contributed by atoms with E-state index in [4.69, 9.17) is 0 Å². The zero-order valence-corrected chi connectivity index (χ0v) is 15.3. The Hall–Kier alpha value is -1.42. The molecule has 3 nitrogen and oxygen atoms in total. The molecule has 0 N–H and O–H groups in total. The Morgan fingerprint density at radius 2 is 1.48 bits per heavy atom. The molecule has 1 atom stereocenters. The molecule has 4 heteroatoms. The highest BCUT2D eigenvalue weighted by Crippen LogP contribution is 2.19. The normalized spacial score (nSPS) is 13.0. The number of hydrogen-bond acceptors (Lipinski definition) is 2. The van der Waals surface area contributed by atoms with Crippen LogP contribution in [0.1, 0.15) is 46.2 Å². The van der Waals surface area contributed by atoms with Gasteiger partial charge in [0.05, 0.1) is 12.6 Å². The maximum absolute atomic E-state index is 13.0. The van der Waals surface area contributed by atoms with Gasteiger partial charge in [0, 0.05) is 20.1 Å². The maximum Gasteiger partial charge on any atom is 0.236 e. The lowest BCUT2D eigenvalue weighted by Gasteiger charge is -2.30. The zero-order valence-electron chi connectivity index (χ0n) is 15.3. The summed E-state index contributed by atoms with van der Waals surface area (Å²) in [6, 6.07) is 6.29. The first-order chi connectivity index (χ1) is 10.7. The molecule has 0 aliphatic carbocycles. The van der Waals surface area contributed by atoms with Crippen molar-refractivity contribution in [2.75, 3.05) is 26.7 Å². The molecule has 1 aromatic rings. The van der Waals surface area contributed by atoms with Crippen LogP contribution in [0.4, 0.5) is 4.39 Å². The van der Waals surface area contributed by atoms with Crippen LogP contribution in [0.2, 0.25) is 0 Å². The Morgan fingerprint density at radius 1 is 1.00 bits per heavy atom. The summed E-state index contributed by atoms with van der Waals surface area (Å²) >= 11 is 0. The largest absolute Gasteiger partial charge is 0.338 e. The maximum atomic E-state index is 13.0. The van der Waals surface area contributed by atoms with Gasteiger partial charge >= 0.3 is 0 Å². The van der Waals surface area contributed by atoms with E-state index < -0.39 is 0 Å². The molecule has 0 aliphatic rings. The predicted octanol–water partition coefficient (Wildman–Crippen LogP) is 3.96. The van der Waals surface area contributed by atoms with Gasteiger partial charge in [-0.2, -0.15) is 0 Å². The third-order valence-corrected chi connectivity index (χ3v) is 3.93. The van der Waals surface area contributed by atoms with Gasteiger partial charge in [-0.3, -0.25) is 9.69 Å². The number of hydrogen-bond donors (Lipinski definition) is 0. The Morgan fingerprint density at radius 3 is 1.91 bits per heavy atom. The van der Waals surface area contributed by atoms with E-state index in [9.17, 15) is 9.18 Å². The van der Waals surface area contributed by atoms with Gasteiger partial charge in [0.2, 0.25) is 5.91 Å². The summed E-state index contributed by atoms with van der Waals surface area (Å²) in [7, 11) is 1.82. The van der Waals surface area contributed by atoms with Crippen molar-refractivity contribution in [1.82, 2.24) is 9.80 Å². The molecule has 23 heavy (non-hydrogen) atoms. The zero-order chi connectivity index (χ0) is 17.6. The molecule has 0 aromatic heterocycles. The average Bonchev–Trinajstić information content (AvgIpc) is 2.45. The Kier molecular flexibility index (Phi) is 7.69. The van der Waals surface area contributed by atoms with Crippen molar-refractivity contribution in [1.29, 1.82) is 0 Å². The lowest BCUT2D eigenvalue weighted by atomic mass is 10.1. The number of nitrogens with zero attached hydrogens (tertiary/aromatic N) is 2. The summed E-state index contributed by atoms with van der Waals surface area (Å²) in [6.07, 6.45) is 0. The Bertz CT molecular complexity index is 475. The number of halogens is 1. The number of carbonyl (C=O) groups is 1. The van der Waals surface area contributed by atoms with Crippen molar-refractivity contribution in [3.63, 3.8) is 0 Å². The smallest absolute Gasteiger partial charge is 0.236 e. The van der Waals surface area contributed by atoms with E-state index in [-0.39, 0.29) is 17.8 Å². The van der Waals surface area contributed by atoms with E-state index in [0.717, 1.165) is 18.7 Å². The molecule has 0 fully saturated rings. The van der Waals surface area contributed by atoms with E-state index >= 15 is 0 Å². The van der Waals surface area contributed by atoms with Gasteiger partial charge in [-0.15, -0.1) is 0 Å². The van der Waals surface area contributed by atoms with E-state index in [1.807, 2.05) is 14.0 Å². The minimum atomic E-state index is -0.255. The molecule has 0 spiro atoms. The van der Waals surface area contributed by atoms with Gasteiger partial charge < -0.3 is 4.90 Å². The van der Waals surface area contributed by atoms with Gasteiger partial charge in [0.1, 0.15) is 5.82 Å². The molecule has 0 saturated carbocycles. The number of benzene rings is 1. The monoisotopic (exact) mass is 322 g/mol. The predicted molar refractivity (Wildman–Crippen MR) is 93.7 cm³/mol. The average molecular weight is 322 g/mol. The van der Waals surface area contributed by atoms with Crippen molar-refractivity contribution < 1.29 is 9.18 Å². The Labute approximate surface area is 140 Å². The molecular formula is C19H31FN2O. The minimum Gasteiger partial charge on any atom is -0.338 e. The second-order valence-corrected chi connectivity index (χ2v) is 7.21. The van der Waals surface area contributed by atoms with Gasteiger partial charge in [-0.05, 0) is 36.5 Å². The fourth-order valence-electron chi connectivity index (χ4n) is 2.72. The van der Waals surface area contributed by atoms with Crippen molar-refractivity contribution in [3.8, 4) is 0 Å². The van der Waals surface area contributed by atoms with Crippen LogP contribution in [0, 0.1) is 17.7 Å². The molecule has 130 valence electrons. The molecule has 0 saturated heterocycles. The summed E-state index contributed by atoms with van der Waals surface area (Å²) in [5.41, 5.74) is 0.946. The highest BCUT2D eigenvalue weighted by atomic mass is 19.1. The van der Waals surface area contributed by atoms with E-state index in [2.05, 4.69) is 32.6 Å². The molecule has 1 unspecified atom stereocenters. The fourth-order valence-corrected chi connectivity index (χ4v) is 2.72. The second kappa shape index (κ2) is 9.02. The lowest BCUT2D eigenvalue weighted by Crippen LogP contribution is -2.42. The lowest BCUT2D eigenvalue weighted by molar-refractivity contribution is -0.133. The molecule has 0 aliphatic heterocycles.